The first-order valence-electron chi connectivity index (χ1n) is 5.36. The topological polar surface area (TPSA) is 78.6 Å². The van der Waals surface area contributed by atoms with Crippen LogP contribution in [0.4, 0.5) is 5.69 Å². The Kier molecular flexibility index (Phi) is 6.17. The van der Waals surface area contributed by atoms with Crippen LogP contribution < -0.4 is 5.73 Å². The lowest BCUT2D eigenvalue weighted by molar-refractivity contribution is -0.140. The summed E-state index contributed by atoms with van der Waals surface area (Å²) >= 11 is 4.80. The van der Waals surface area contributed by atoms with Crippen LogP contribution in [0.2, 0.25) is 0 Å². The van der Waals surface area contributed by atoms with E-state index in [1.807, 2.05) is 0 Å². The van der Waals surface area contributed by atoms with Crippen molar-refractivity contribution in [3.05, 3.63) is 22.2 Å². The van der Waals surface area contributed by atoms with Crippen LogP contribution in [0.1, 0.15) is 16.8 Å². The Morgan fingerprint density at radius 1 is 1.32 bits per heavy atom. The summed E-state index contributed by atoms with van der Waals surface area (Å²) in [6.45, 7) is 0. The molecule has 7 heteroatoms. The summed E-state index contributed by atoms with van der Waals surface area (Å²) < 4.78 is 9.98. The normalized spacial score (nSPS) is 10.1. The molecule has 19 heavy (non-hydrogen) atoms. The van der Waals surface area contributed by atoms with Crippen molar-refractivity contribution in [2.45, 2.75) is 11.3 Å². The van der Waals surface area contributed by atoms with Gasteiger partial charge in [0.2, 0.25) is 0 Å². The van der Waals surface area contributed by atoms with Crippen molar-refractivity contribution in [3.8, 4) is 0 Å². The Labute approximate surface area is 124 Å². The second kappa shape index (κ2) is 7.40. The van der Waals surface area contributed by atoms with E-state index >= 15 is 0 Å². The number of halogens is 1. The first kappa shape index (κ1) is 15.8. The highest BCUT2D eigenvalue weighted by Crippen LogP contribution is 2.32. The Hall–Kier alpha value is -1.21. The van der Waals surface area contributed by atoms with E-state index in [1.54, 1.807) is 12.1 Å². The standard InChI is InChI=1S/C12H14BrNO4S/c1-17-11(15)3-4-19-10-5-7(12(16)18-2)9(14)6-8(10)13/h5-6H,3-4,14H2,1-2H3. The van der Waals surface area contributed by atoms with Gasteiger partial charge in [-0.05, 0) is 28.1 Å². The largest absolute Gasteiger partial charge is 0.469 e. The summed E-state index contributed by atoms with van der Waals surface area (Å²) in [4.78, 5) is 23.4. The van der Waals surface area contributed by atoms with E-state index in [-0.39, 0.29) is 5.97 Å². The molecular formula is C12H14BrNO4S. The van der Waals surface area contributed by atoms with Gasteiger partial charge in [0.15, 0.2) is 0 Å². The Morgan fingerprint density at radius 3 is 2.58 bits per heavy atom. The molecule has 0 atom stereocenters. The third-order valence-electron chi connectivity index (χ3n) is 2.30. The second-order valence-electron chi connectivity index (χ2n) is 3.54. The average Bonchev–Trinajstić information content (AvgIpc) is 2.40. The second-order valence-corrected chi connectivity index (χ2v) is 5.53. The van der Waals surface area contributed by atoms with Gasteiger partial charge in [0.05, 0.1) is 26.2 Å². The minimum absolute atomic E-state index is 0.271. The van der Waals surface area contributed by atoms with E-state index in [9.17, 15) is 9.59 Å². The highest BCUT2D eigenvalue weighted by Gasteiger charge is 2.14. The molecule has 0 aliphatic rings. The van der Waals surface area contributed by atoms with Gasteiger partial charge in [-0.3, -0.25) is 4.79 Å². The third kappa shape index (κ3) is 4.43. The zero-order chi connectivity index (χ0) is 14.4. The minimum atomic E-state index is -0.486. The lowest BCUT2D eigenvalue weighted by Gasteiger charge is -2.09. The van der Waals surface area contributed by atoms with E-state index in [2.05, 4.69) is 25.4 Å². The molecule has 0 saturated carbocycles. The highest BCUT2D eigenvalue weighted by molar-refractivity contribution is 9.10. The fourth-order valence-electron chi connectivity index (χ4n) is 1.31. The number of methoxy groups -OCH3 is 2. The van der Waals surface area contributed by atoms with Gasteiger partial charge in [-0.2, -0.15) is 0 Å². The molecule has 0 saturated heterocycles. The van der Waals surface area contributed by atoms with Gasteiger partial charge in [0.25, 0.3) is 0 Å². The molecule has 104 valence electrons. The van der Waals surface area contributed by atoms with Crippen molar-refractivity contribution in [3.63, 3.8) is 0 Å². The van der Waals surface area contributed by atoms with Crippen LogP contribution in [0.3, 0.4) is 0 Å². The Bertz CT molecular complexity index is 493. The van der Waals surface area contributed by atoms with Crippen molar-refractivity contribution in [2.75, 3.05) is 25.7 Å². The number of rotatable bonds is 5. The van der Waals surface area contributed by atoms with Gasteiger partial charge >= 0.3 is 11.9 Å². The molecule has 0 aliphatic carbocycles. The fraction of sp³-hybridized carbons (Fsp3) is 0.333. The maximum atomic E-state index is 11.5. The van der Waals surface area contributed by atoms with Crippen LogP contribution >= 0.6 is 27.7 Å². The summed E-state index contributed by atoms with van der Waals surface area (Å²) in [7, 11) is 2.65. The molecule has 0 aliphatic heterocycles. The van der Waals surface area contributed by atoms with Crippen molar-refractivity contribution in [2.24, 2.45) is 0 Å². The van der Waals surface area contributed by atoms with Gasteiger partial charge in [-0.15, -0.1) is 11.8 Å². The van der Waals surface area contributed by atoms with Gasteiger partial charge in [0, 0.05) is 20.8 Å². The molecule has 1 aromatic carbocycles. The summed E-state index contributed by atoms with van der Waals surface area (Å²) in [5.74, 6) is -0.206. The van der Waals surface area contributed by atoms with Crippen molar-refractivity contribution in [1.29, 1.82) is 0 Å². The van der Waals surface area contributed by atoms with E-state index in [0.29, 0.717) is 23.4 Å². The Balaban J connectivity index is 2.83. The number of carbonyl (C=O) groups is 2. The maximum absolute atomic E-state index is 11.5. The van der Waals surface area contributed by atoms with E-state index in [4.69, 9.17) is 5.73 Å². The monoisotopic (exact) mass is 347 g/mol. The predicted octanol–water partition coefficient (Wildman–Crippen LogP) is 2.47. The molecule has 0 radical (unpaired) electrons. The summed E-state index contributed by atoms with van der Waals surface area (Å²) in [5.41, 5.74) is 6.41. The molecule has 5 nitrogen and oxygen atoms in total. The summed E-state index contributed by atoms with van der Waals surface area (Å²) in [5, 5.41) is 0. The molecule has 0 amide bonds. The third-order valence-corrected chi connectivity index (χ3v) is 4.28. The average molecular weight is 348 g/mol. The van der Waals surface area contributed by atoms with E-state index in [1.165, 1.54) is 26.0 Å². The summed E-state index contributed by atoms with van der Waals surface area (Å²) in [6.07, 6.45) is 0.297. The summed E-state index contributed by atoms with van der Waals surface area (Å²) in [6, 6.07) is 3.29. The molecule has 0 spiro atoms. The molecule has 0 heterocycles. The molecule has 1 aromatic rings. The highest BCUT2D eigenvalue weighted by atomic mass is 79.9. The molecule has 0 fully saturated rings. The molecule has 1 rings (SSSR count). The van der Waals surface area contributed by atoms with Crippen molar-refractivity contribution >= 4 is 45.3 Å². The zero-order valence-electron chi connectivity index (χ0n) is 10.6. The minimum Gasteiger partial charge on any atom is -0.469 e. The van der Waals surface area contributed by atoms with Gasteiger partial charge in [-0.1, -0.05) is 0 Å². The van der Waals surface area contributed by atoms with Gasteiger partial charge < -0.3 is 15.2 Å². The van der Waals surface area contributed by atoms with Crippen LogP contribution in [-0.2, 0) is 14.3 Å². The van der Waals surface area contributed by atoms with Gasteiger partial charge in [-0.25, -0.2) is 4.79 Å². The number of esters is 2. The SMILES string of the molecule is COC(=O)CCSc1cc(C(=O)OC)c(N)cc1Br. The molecule has 0 unspecified atom stereocenters. The van der Waals surface area contributed by atoms with Crippen LogP contribution in [-0.4, -0.2) is 31.9 Å². The predicted molar refractivity (Wildman–Crippen MR) is 77.3 cm³/mol. The van der Waals surface area contributed by atoms with E-state index in [0.717, 1.165) is 9.37 Å². The lowest BCUT2D eigenvalue weighted by Crippen LogP contribution is -2.06. The first-order valence-corrected chi connectivity index (χ1v) is 7.14. The fourth-order valence-corrected chi connectivity index (χ4v) is 2.90. The number of hydrogen-bond acceptors (Lipinski definition) is 6. The molecular weight excluding hydrogens is 334 g/mol. The zero-order valence-corrected chi connectivity index (χ0v) is 13.0. The first-order chi connectivity index (χ1) is 8.99. The van der Waals surface area contributed by atoms with Crippen LogP contribution in [0.5, 0.6) is 0 Å². The number of nitrogen functional groups attached to an aromatic ring is 1. The number of nitrogens with two attached hydrogens (primary N) is 1. The van der Waals surface area contributed by atoms with Crippen LogP contribution in [0.15, 0.2) is 21.5 Å². The van der Waals surface area contributed by atoms with Crippen molar-refractivity contribution in [1.82, 2.24) is 0 Å². The number of thioether (sulfide) groups is 1. The smallest absolute Gasteiger partial charge is 0.339 e. The number of ether oxygens (including phenoxy) is 2. The quantitative estimate of drug-likeness (QED) is 0.500. The molecule has 2 N–H and O–H groups in total. The van der Waals surface area contributed by atoms with Gasteiger partial charge in [0.1, 0.15) is 0 Å². The van der Waals surface area contributed by atoms with Crippen molar-refractivity contribution < 1.29 is 19.1 Å². The number of anilines is 1. The molecule has 0 bridgehead atoms. The van der Waals surface area contributed by atoms with Crippen LogP contribution in [0.25, 0.3) is 0 Å². The number of hydrogen-bond donors (Lipinski definition) is 1. The van der Waals surface area contributed by atoms with Crippen LogP contribution in [0, 0.1) is 0 Å². The van der Waals surface area contributed by atoms with E-state index < -0.39 is 5.97 Å². The number of carbonyl (C=O) groups excluding carboxylic acids is 2. The lowest BCUT2D eigenvalue weighted by atomic mass is 10.2. The Morgan fingerprint density at radius 2 is 2.00 bits per heavy atom. The maximum Gasteiger partial charge on any atom is 0.339 e. The number of benzene rings is 1. The molecule has 0 aromatic heterocycles.